The van der Waals surface area contributed by atoms with Crippen LogP contribution in [-0.4, -0.2) is 34.4 Å². The van der Waals surface area contributed by atoms with Gasteiger partial charge in [-0.25, -0.2) is 14.2 Å². The predicted molar refractivity (Wildman–Crippen MR) is 142 cm³/mol. The highest BCUT2D eigenvalue weighted by Gasteiger charge is 2.18. The third kappa shape index (κ3) is 5.20. The van der Waals surface area contributed by atoms with E-state index in [1.165, 1.54) is 4.57 Å². The number of benzene rings is 2. The first-order valence-electron chi connectivity index (χ1n) is 12.1. The number of allylic oxidation sites excluding steroid dienone is 1. The summed E-state index contributed by atoms with van der Waals surface area (Å²) in [6, 6.07) is 13.2. The molecule has 9 heteroatoms. The van der Waals surface area contributed by atoms with Crippen LogP contribution >= 0.6 is 0 Å². The van der Waals surface area contributed by atoms with Crippen molar-refractivity contribution in [1.82, 2.24) is 19.4 Å². The average Bonchev–Trinajstić information content (AvgIpc) is 3.36. The normalized spacial score (nSPS) is 14.5. The van der Waals surface area contributed by atoms with Crippen LogP contribution < -0.4 is 31.5 Å². The second-order valence-corrected chi connectivity index (χ2v) is 9.11. The van der Waals surface area contributed by atoms with Gasteiger partial charge in [0.1, 0.15) is 11.5 Å². The molecule has 2 aliphatic rings. The molecule has 0 bridgehead atoms. The molecule has 5 rings (SSSR count). The summed E-state index contributed by atoms with van der Waals surface area (Å²) in [5.74, 6) is 1.76. The Balaban J connectivity index is 1.49. The predicted octanol–water partition coefficient (Wildman–Crippen LogP) is 2.80. The summed E-state index contributed by atoms with van der Waals surface area (Å²) >= 11 is 0. The Morgan fingerprint density at radius 2 is 1.84 bits per heavy atom. The summed E-state index contributed by atoms with van der Waals surface area (Å²) in [7, 11) is 1.60. The number of ether oxygens (including phenoxy) is 2. The molecule has 2 N–H and O–H groups in total. The van der Waals surface area contributed by atoms with Crippen LogP contribution in [0.2, 0.25) is 0 Å². The second-order valence-electron chi connectivity index (χ2n) is 9.11. The molecule has 0 saturated carbocycles. The van der Waals surface area contributed by atoms with Crippen molar-refractivity contribution in [3.63, 3.8) is 0 Å². The van der Waals surface area contributed by atoms with Crippen molar-refractivity contribution in [3.05, 3.63) is 116 Å². The van der Waals surface area contributed by atoms with Crippen LogP contribution in [0, 0.1) is 0 Å². The van der Waals surface area contributed by atoms with Gasteiger partial charge in [-0.05, 0) is 46.0 Å². The Labute approximate surface area is 214 Å². The minimum atomic E-state index is -0.613. The number of rotatable bonds is 8. The summed E-state index contributed by atoms with van der Waals surface area (Å²) in [4.78, 5) is 31.0. The van der Waals surface area contributed by atoms with Crippen LogP contribution in [-0.2, 0) is 19.5 Å². The van der Waals surface area contributed by atoms with Crippen LogP contribution in [0.15, 0.2) is 88.3 Å². The lowest BCUT2D eigenvalue weighted by atomic mass is 10.0. The molecule has 0 spiro atoms. The van der Waals surface area contributed by atoms with E-state index in [1.807, 2.05) is 48.7 Å². The van der Waals surface area contributed by atoms with Gasteiger partial charge < -0.3 is 20.1 Å². The minimum absolute atomic E-state index is 0.120. The molecule has 0 unspecified atom stereocenters. The number of hydrogen-bond acceptors (Lipinski definition) is 7. The van der Waals surface area contributed by atoms with E-state index in [0.717, 1.165) is 56.0 Å². The first-order valence-corrected chi connectivity index (χ1v) is 12.1. The number of hydrogen-bond donors (Lipinski definition) is 2. The molecule has 3 heterocycles. The smallest absolute Gasteiger partial charge is 0.355 e. The molecule has 1 aromatic heterocycles. The van der Waals surface area contributed by atoms with Gasteiger partial charge in [0.15, 0.2) is 0 Å². The summed E-state index contributed by atoms with van der Waals surface area (Å²) in [6.45, 7) is 9.36. The molecule has 0 fully saturated rings. The Kier molecular flexibility index (Phi) is 6.68. The van der Waals surface area contributed by atoms with Gasteiger partial charge >= 0.3 is 11.4 Å². The van der Waals surface area contributed by atoms with Gasteiger partial charge in [-0.3, -0.25) is 4.57 Å². The Hall–Kier alpha value is -4.53. The fraction of sp³-hybridized carbons (Fsp3) is 0.250. The molecule has 0 amide bonds. The zero-order chi connectivity index (χ0) is 25.9. The SMILES string of the molecule is C=C1CC(=C)C(CNc2nc(=O)n(Cc3ccc4c(c3)CCO4)c(=O)n2Cc2ccc(OC)cc2)=CN1. The van der Waals surface area contributed by atoms with Crippen molar-refractivity contribution in [2.24, 2.45) is 0 Å². The molecule has 0 aliphatic carbocycles. The molecule has 2 aromatic carbocycles. The molecular weight excluding hydrogens is 470 g/mol. The lowest BCUT2D eigenvalue weighted by Crippen LogP contribution is -2.43. The largest absolute Gasteiger partial charge is 0.497 e. The first-order chi connectivity index (χ1) is 17.9. The Morgan fingerprint density at radius 1 is 1.08 bits per heavy atom. The van der Waals surface area contributed by atoms with Crippen molar-refractivity contribution >= 4 is 5.95 Å². The van der Waals surface area contributed by atoms with Crippen molar-refractivity contribution in [2.45, 2.75) is 25.9 Å². The van der Waals surface area contributed by atoms with Crippen molar-refractivity contribution in [1.29, 1.82) is 0 Å². The number of fused-ring (bicyclic) bond motifs is 1. The van der Waals surface area contributed by atoms with E-state index in [9.17, 15) is 9.59 Å². The fourth-order valence-corrected chi connectivity index (χ4v) is 4.44. The zero-order valence-corrected chi connectivity index (χ0v) is 20.8. The van der Waals surface area contributed by atoms with E-state index in [4.69, 9.17) is 9.47 Å². The summed E-state index contributed by atoms with van der Waals surface area (Å²) < 4.78 is 13.5. The van der Waals surface area contributed by atoms with Gasteiger partial charge in [0.2, 0.25) is 5.95 Å². The molecular formula is C28H29N5O4. The second kappa shape index (κ2) is 10.2. The molecule has 0 radical (unpaired) electrons. The third-order valence-electron chi connectivity index (χ3n) is 6.51. The van der Waals surface area contributed by atoms with Gasteiger partial charge in [0.05, 0.1) is 26.8 Å². The topological polar surface area (TPSA) is 99.4 Å². The maximum atomic E-state index is 13.7. The quantitative estimate of drug-likeness (QED) is 0.492. The maximum absolute atomic E-state index is 13.7. The molecule has 9 nitrogen and oxygen atoms in total. The summed E-state index contributed by atoms with van der Waals surface area (Å²) in [6.07, 6.45) is 3.27. The summed E-state index contributed by atoms with van der Waals surface area (Å²) in [5.41, 5.74) is 4.42. The monoisotopic (exact) mass is 499 g/mol. The first kappa shape index (κ1) is 24.2. The minimum Gasteiger partial charge on any atom is -0.497 e. The Bertz CT molecular complexity index is 1520. The van der Waals surface area contributed by atoms with Crippen LogP contribution in [0.1, 0.15) is 23.1 Å². The lowest BCUT2D eigenvalue weighted by molar-refractivity contribution is 0.357. The standard InChI is InChI=1S/C28H29N5O4/c1-18-12-19(2)29-14-23(18)15-30-26-31-27(34)33(17-21-6-9-25-22(13-21)10-11-37-25)28(35)32(26)16-20-4-7-24(36-3)8-5-20/h4-9,13-14,29H,1-2,10-12,15-17H2,3H3,(H,30,31,34). The number of nitrogens with zero attached hydrogens (tertiary/aromatic N) is 3. The van der Waals surface area contributed by atoms with E-state index in [0.29, 0.717) is 19.6 Å². The van der Waals surface area contributed by atoms with Crippen LogP contribution in [0.5, 0.6) is 11.5 Å². The van der Waals surface area contributed by atoms with Crippen molar-refractivity contribution in [3.8, 4) is 11.5 Å². The lowest BCUT2D eigenvalue weighted by Gasteiger charge is -2.21. The molecule has 2 aliphatic heterocycles. The van der Waals surface area contributed by atoms with E-state index in [-0.39, 0.29) is 19.0 Å². The molecule has 0 atom stereocenters. The molecule has 190 valence electrons. The zero-order valence-electron chi connectivity index (χ0n) is 20.8. The van der Waals surface area contributed by atoms with Crippen molar-refractivity contribution < 1.29 is 9.47 Å². The van der Waals surface area contributed by atoms with E-state index in [2.05, 4.69) is 28.8 Å². The highest BCUT2D eigenvalue weighted by molar-refractivity contribution is 5.42. The Morgan fingerprint density at radius 3 is 2.59 bits per heavy atom. The van der Waals surface area contributed by atoms with Crippen LogP contribution in [0.4, 0.5) is 5.95 Å². The summed E-state index contributed by atoms with van der Waals surface area (Å²) in [5, 5.41) is 6.28. The van der Waals surface area contributed by atoms with Crippen LogP contribution in [0.25, 0.3) is 0 Å². The van der Waals surface area contributed by atoms with Crippen molar-refractivity contribution in [2.75, 3.05) is 25.6 Å². The maximum Gasteiger partial charge on any atom is 0.355 e. The number of aromatic nitrogens is 3. The molecule has 0 saturated heterocycles. The highest BCUT2D eigenvalue weighted by Crippen LogP contribution is 2.26. The average molecular weight is 500 g/mol. The van der Waals surface area contributed by atoms with Gasteiger partial charge in [-0.2, -0.15) is 4.98 Å². The number of anilines is 1. The van der Waals surface area contributed by atoms with Gasteiger partial charge in [-0.15, -0.1) is 0 Å². The van der Waals surface area contributed by atoms with Gasteiger partial charge in [-0.1, -0.05) is 37.4 Å². The number of nitrogens with one attached hydrogen (secondary N) is 2. The van der Waals surface area contributed by atoms with E-state index < -0.39 is 11.4 Å². The van der Waals surface area contributed by atoms with Crippen LogP contribution in [0.3, 0.4) is 0 Å². The van der Waals surface area contributed by atoms with E-state index in [1.54, 1.807) is 7.11 Å². The molecule has 37 heavy (non-hydrogen) atoms. The third-order valence-corrected chi connectivity index (χ3v) is 6.51. The number of methoxy groups -OCH3 is 1. The molecule has 3 aromatic rings. The fourth-order valence-electron chi connectivity index (χ4n) is 4.44. The van der Waals surface area contributed by atoms with E-state index >= 15 is 0 Å². The highest BCUT2D eigenvalue weighted by atomic mass is 16.5. The van der Waals surface area contributed by atoms with Gasteiger partial charge in [0.25, 0.3) is 0 Å². The van der Waals surface area contributed by atoms with Gasteiger partial charge in [0, 0.05) is 31.3 Å².